The van der Waals surface area contributed by atoms with Crippen LogP contribution in [0.5, 0.6) is 0 Å². The second kappa shape index (κ2) is 6.14. The lowest BCUT2D eigenvalue weighted by molar-refractivity contribution is 0.406. The quantitative estimate of drug-likeness (QED) is 0.781. The summed E-state index contributed by atoms with van der Waals surface area (Å²) in [6.45, 7) is 5.91. The molecule has 2 N–H and O–H groups in total. The smallest absolute Gasteiger partial charge is 0.128 e. The Kier molecular flexibility index (Phi) is 3.85. The number of hydrogen-bond donors (Lipinski definition) is 2. The second-order valence-corrected chi connectivity index (χ2v) is 6.24. The van der Waals surface area contributed by atoms with Gasteiger partial charge < -0.3 is 15.2 Å². The summed E-state index contributed by atoms with van der Waals surface area (Å²) < 4.78 is 2.36. The van der Waals surface area contributed by atoms with Crippen molar-refractivity contribution in [2.24, 2.45) is 0 Å². The molecule has 0 bridgehead atoms. The van der Waals surface area contributed by atoms with E-state index in [0.29, 0.717) is 0 Å². The summed E-state index contributed by atoms with van der Waals surface area (Å²) >= 11 is 0. The molecule has 23 heavy (non-hydrogen) atoms. The number of imidazole rings is 1. The van der Waals surface area contributed by atoms with Crippen LogP contribution in [-0.2, 0) is 6.54 Å². The van der Waals surface area contributed by atoms with Gasteiger partial charge in [-0.3, -0.25) is 0 Å². The molecule has 1 fully saturated rings. The minimum Gasteiger partial charge on any atom is -0.322 e. The Morgan fingerprint density at radius 2 is 2.00 bits per heavy atom. The van der Waals surface area contributed by atoms with Crippen LogP contribution in [-0.4, -0.2) is 29.2 Å². The highest BCUT2D eigenvalue weighted by Crippen LogP contribution is 2.23. The van der Waals surface area contributed by atoms with E-state index < -0.39 is 0 Å². The van der Waals surface area contributed by atoms with E-state index in [4.69, 9.17) is 4.98 Å². The molecule has 4 rings (SSSR count). The lowest BCUT2D eigenvalue weighted by atomic mass is 10.2. The van der Waals surface area contributed by atoms with Gasteiger partial charge in [-0.1, -0.05) is 36.4 Å². The SMILES string of the molecule is Cc1ccc2c(c1)nc(C1CNCCN1)n2Cc1ccccc1. The van der Waals surface area contributed by atoms with Gasteiger partial charge in [0.2, 0.25) is 0 Å². The Labute approximate surface area is 136 Å². The van der Waals surface area contributed by atoms with Crippen LogP contribution >= 0.6 is 0 Å². The van der Waals surface area contributed by atoms with Crippen molar-refractivity contribution in [3.63, 3.8) is 0 Å². The summed E-state index contributed by atoms with van der Waals surface area (Å²) in [4.78, 5) is 4.95. The van der Waals surface area contributed by atoms with Crippen LogP contribution in [0.2, 0.25) is 0 Å². The van der Waals surface area contributed by atoms with Gasteiger partial charge in [-0.25, -0.2) is 4.98 Å². The van der Waals surface area contributed by atoms with E-state index in [1.54, 1.807) is 0 Å². The van der Waals surface area contributed by atoms with Gasteiger partial charge in [-0.2, -0.15) is 0 Å². The number of piperazine rings is 1. The van der Waals surface area contributed by atoms with Crippen LogP contribution in [0.25, 0.3) is 11.0 Å². The summed E-state index contributed by atoms with van der Waals surface area (Å²) in [5, 5.41) is 7.06. The van der Waals surface area contributed by atoms with Gasteiger partial charge in [0.05, 0.1) is 17.1 Å². The van der Waals surface area contributed by atoms with Gasteiger partial charge in [0.15, 0.2) is 0 Å². The fourth-order valence-electron chi connectivity index (χ4n) is 3.29. The molecule has 0 aliphatic carbocycles. The largest absolute Gasteiger partial charge is 0.322 e. The molecule has 1 aliphatic rings. The maximum atomic E-state index is 4.95. The third-order valence-electron chi connectivity index (χ3n) is 4.47. The minimum absolute atomic E-state index is 0.264. The van der Waals surface area contributed by atoms with Crippen LogP contribution in [0.4, 0.5) is 0 Å². The average molecular weight is 306 g/mol. The van der Waals surface area contributed by atoms with Crippen molar-refractivity contribution >= 4 is 11.0 Å². The molecule has 0 saturated carbocycles. The molecular formula is C19H22N4. The third-order valence-corrected chi connectivity index (χ3v) is 4.47. The Balaban J connectivity index is 1.81. The molecular weight excluding hydrogens is 284 g/mol. The first-order chi connectivity index (χ1) is 11.3. The molecule has 2 heterocycles. The number of rotatable bonds is 3. The predicted molar refractivity (Wildman–Crippen MR) is 93.6 cm³/mol. The molecule has 0 amide bonds. The van der Waals surface area contributed by atoms with E-state index in [9.17, 15) is 0 Å². The van der Waals surface area contributed by atoms with Gasteiger partial charge in [-0.05, 0) is 30.2 Å². The fourth-order valence-corrected chi connectivity index (χ4v) is 3.29. The van der Waals surface area contributed by atoms with E-state index in [1.807, 2.05) is 0 Å². The molecule has 1 saturated heterocycles. The van der Waals surface area contributed by atoms with Crippen LogP contribution in [0.15, 0.2) is 48.5 Å². The minimum atomic E-state index is 0.264. The van der Waals surface area contributed by atoms with Crippen molar-refractivity contribution < 1.29 is 0 Å². The van der Waals surface area contributed by atoms with Crippen molar-refractivity contribution in [2.45, 2.75) is 19.5 Å². The van der Waals surface area contributed by atoms with Gasteiger partial charge >= 0.3 is 0 Å². The molecule has 2 aromatic carbocycles. The maximum absolute atomic E-state index is 4.95. The van der Waals surface area contributed by atoms with Crippen LogP contribution in [0, 0.1) is 6.92 Å². The molecule has 4 nitrogen and oxygen atoms in total. The lowest BCUT2D eigenvalue weighted by Gasteiger charge is -2.25. The van der Waals surface area contributed by atoms with Crippen molar-refractivity contribution in [1.29, 1.82) is 0 Å². The summed E-state index contributed by atoms with van der Waals surface area (Å²) in [7, 11) is 0. The Bertz CT molecular complexity index is 801. The molecule has 1 atom stereocenters. The van der Waals surface area contributed by atoms with E-state index in [1.165, 1.54) is 16.6 Å². The molecule has 0 radical (unpaired) electrons. The Morgan fingerprint density at radius 3 is 2.78 bits per heavy atom. The Morgan fingerprint density at radius 1 is 1.13 bits per heavy atom. The molecule has 1 aromatic heterocycles. The van der Waals surface area contributed by atoms with Gasteiger partial charge in [0.1, 0.15) is 5.82 Å². The Hall–Kier alpha value is -2.17. The van der Waals surface area contributed by atoms with E-state index in [0.717, 1.165) is 37.5 Å². The van der Waals surface area contributed by atoms with Crippen LogP contribution in [0.3, 0.4) is 0 Å². The van der Waals surface area contributed by atoms with Crippen molar-refractivity contribution in [2.75, 3.05) is 19.6 Å². The normalized spacial score (nSPS) is 18.4. The topological polar surface area (TPSA) is 41.9 Å². The first-order valence-corrected chi connectivity index (χ1v) is 8.26. The van der Waals surface area contributed by atoms with Crippen molar-refractivity contribution in [3.8, 4) is 0 Å². The number of hydrogen-bond acceptors (Lipinski definition) is 3. The zero-order valence-corrected chi connectivity index (χ0v) is 13.4. The number of benzene rings is 2. The van der Waals surface area contributed by atoms with E-state index in [-0.39, 0.29) is 6.04 Å². The van der Waals surface area contributed by atoms with E-state index in [2.05, 4.69) is 70.7 Å². The second-order valence-electron chi connectivity index (χ2n) is 6.24. The number of nitrogens with one attached hydrogen (secondary N) is 2. The van der Waals surface area contributed by atoms with Gasteiger partial charge in [-0.15, -0.1) is 0 Å². The standard InChI is InChI=1S/C19H22N4/c1-14-7-8-18-16(11-14)22-19(17-12-20-9-10-21-17)23(18)13-15-5-3-2-4-6-15/h2-8,11,17,20-21H,9-10,12-13H2,1H3. The molecule has 118 valence electrons. The van der Waals surface area contributed by atoms with Crippen LogP contribution < -0.4 is 10.6 Å². The average Bonchev–Trinajstić information content (AvgIpc) is 2.94. The first-order valence-electron chi connectivity index (χ1n) is 8.26. The molecule has 4 heteroatoms. The molecule has 1 aliphatic heterocycles. The highest BCUT2D eigenvalue weighted by Gasteiger charge is 2.22. The van der Waals surface area contributed by atoms with E-state index >= 15 is 0 Å². The summed E-state index contributed by atoms with van der Waals surface area (Å²) in [6, 6.07) is 17.4. The third kappa shape index (κ3) is 2.87. The monoisotopic (exact) mass is 306 g/mol. The fraction of sp³-hybridized carbons (Fsp3) is 0.316. The first kappa shape index (κ1) is 14.4. The highest BCUT2D eigenvalue weighted by molar-refractivity contribution is 5.77. The summed E-state index contributed by atoms with van der Waals surface area (Å²) in [5.74, 6) is 1.13. The lowest BCUT2D eigenvalue weighted by Crippen LogP contribution is -2.43. The number of aromatic nitrogens is 2. The number of nitrogens with zero attached hydrogens (tertiary/aromatic N) is 2. The number of aryl methyl sites for hydroxylation is 1. The maximum Gasteiger partial charge on any atom is 0.128 e. The summed E-state index contributed by atoms with van der Waals surface area (Å²) in [6.07, 6.45) is 0. The van der Waals surface area contributed by atoms with Crippen molar-refractivity contribution in [3.05, 3.63) is 65.5 Å². The zero-order chi connectivity index (χ0) is 15.6. The van der Waals surface area contributed by atoms with Crippen LogP contribution in [0.1, 0.15) is 23.0 Å². The molecule has 1 unspecified atom stereocenters. The predicted octanol–water partition coefficient (Wildman–Crippen LogP) is 2.63. The van der Waals surface area contributed by atoms with Gasteiger partial charge in [0.25, 0.3) is 0 Å². The zero-order valence-electron chi connectivity index (χ0n) is 13.4. The van der Waals surface area contributed by atoms with Gasteiger partial charge in [0, 0.05) is 26.2 Å². The molecule has 3 aromatic rings. The number of fused-ring (bicyclic) bond motifs is 1. The molecule has 0 spiro atoms. The highest BCUT2D eigenvalue weighted by atomic mass is 15.2. The van der Waals surface area contributed by atoms with Crippen molar-refractivity contribution in [1.82, 2.24) is 20.2 Å². The summed E-state index contributed by atoms with van der Waals surface area (Å²) in [5.41, 5.74) is 4.85.